The van der Waals surface area contributed by atoms with Gasteiger partial charge in [0.2, 0.25) is 0 Å². The fourth-order valence-corrected chi connectivity index (χ4v) is 1.77. The van der Waals surface area contributed by atoms with Gasteiger partial charge in [0.1, 0.15) is 5.75 Å². The second-order valence-electron chi connectivity index (χ2n) is 4.52. The van der Waals surface area contributed by atoms with Crippen LogP contribution < -0.4 is 5.43 Å². The molecule has 5 N–H and O–H groups in total. The highest BCUT2D eigenvalue weighted by Gasteiger charge is 2.13. The van der Waals surface area contributed by atoms with Crippen LogP contribution in [0.2, 0.25) is 0 Å². The van der Waals surface area contributed by atoms with E-state index in [2.05, 4.69) is 10.5 Å². The molecule has 2 rings (SSSR count). The lowest BCUT2D eigenvalue weighted by Gasteiger charge is -2.06. The number of aromatic hydroxyl groups is 4. The van der Waals surface area contributed by atoms with Gasteiger partial charge in [0.15, 0.2) is 17.2 Å². The van der Waals surface area contributed by atoms with Gasteiger partial charge >= 0.3 is 0 Å². The first-order valence-electron chi connectivity index (χ1n) is 6.28. The average Bonchev–Trinajstić information content (AvgIpc) is 2.49. The van der Waals surface area contributed by atoms with Gasteiger partial charge in [-0.2, -0.15) is 5.10 Å². The number of hydrazone groups is 1. The van der Waals surface area contributed by atoms with Crippen LogP contribution in [0.3, 0.4) is 0 Å². The van der Waals surface area contributed by atoms with Crippen molar-refractivity contribution in [2.75, 3.05) is 0 Å². The summed E-state index contributed by atoms with van der Waals surface area (Å²) < 4.78 is 0. The van der Waals surface area contributed by atoms with Gasteiger partial charge in [0.05, 0.1) is 5.71 Å². The molecule has 7 heteroatoms. The Morgan fingerprint density at radius 1 is 1.00 bits per heavy atom. The number of carbonyl (C=O) groups excluding carboxylic acids is 1. The van der Waals surface area contributed by atoms with E-state index in [4.69, 9.17) is 0 Å². The summed E-state index contributed by atoms with van der Waals surface area (Å²) in [5.41, 5.74) is 2.98. The number of phenols is 4. The molecule has 0 saturated heterocycles. The summed E-state index contributed by atoms with van der Waals surface area (Å²) in [5.74, 6) is -2.61. The Balaban J connectivity index is 2.19. The van der Waals surface area contributed by atoms with Gasteiger partial charge in [0, 0.05) is 11.1 Å². The van der Waals surface area contributed by atoms with Crippen LogP contribution in [0.15, 0.2) is 41.5 Å². The Kier molecular flexibility index (Phi) is 4.17. The molecule has 0 atom stereocenters. The van der Waals surface area contributed by atoms with E-state index >= 15 is 0 Å². The highest BCUT2D eigenvalue weighted by atomic mass is 16.3. The molecule has 0 bridgehead atoms. The molecule has 0 radical (unpaired) electrons. The van der Waals surface area contributed by atoms with Gasteiger partial charge in [0.25, 0.3) is 5.91 Å². The second-order valence-corrected chi connectivity index (χ2v) is 4.52. The molecule has 7 nitrogen and oxygen atoms in total. The number of benzene rings is 2. The van der Waals surface area contributed by atoms with Gasteiger partial charge in [-0.15, -0.1) is 0 Å². The monoisotopic (exact) mass is 302 g/mol. The van der Waals surface area contributed by atoms with Gasteiger partial charge in [-0.1, -0.05) is 12.1 Å². The summed E-state index contributed by atoms with van der Waals surface area (Å²) in [6.45, 7) is 1.60. The standard InChI is InChI=1S/C15H14N2O5/c1-8(10-4-2-3-5-11(10)18)16-17-15(22)9-6-12(19)14(21)13(20)7-9/h2-7,18-21H,1H3,(H,17,22)/b16-8+. The highest BCUT2D eigenvalue weighted by Crippen LogP contribution is 2.35. The first-order valence-corrected chi connectivity index (χ1v) is 6.28. The van der Waals surface area contributed by atoms with Gasteiger partial charge in [-0.25, -0.2) is 5.43 Å². The van der Waals surface area contributed by atoms with Crippen LogP contribution in [0.1, 0.15) is 22.8 Å². The van der Waals surface area contributed by atoms with E-state index in [-0.39, 0.29) is 11.3 Å². The molecule has 0 heterocycles. The number of nitrogens with one attached hydrogen (secondary N) is 1. The van der Waals surface area contributed by atoms with Crippen molar-refractivity contribution >= 4 is 11.6 Å². The number of amides is 1. The van der Waals surface area contributed by atoms with Crippen LogP contribution in [-0.2, 0) is 0 Å². The molecular weight excluding hydrogens is 288 g/mol. The van der Waals surface area contributed by atoms with Crippen LogP contribution in [0, 0.1) is 0 Å². The fourth-order valence-electron chi connectivity index (χ4n) is 1.77. The molecular formula is C15H14N2O5. The Morgan fingerprint density at radius 2 is 1.59 bits per heavy atom. The number of carbonyl (C=O) groups is 1. The van der Waals surface area contributed by atoms with E-state index in [0.717, 1.165) is 12.1 Å². The zero-order valence-corrected chi connectivity index (χ0v) is 11.6. The zero-order chi connectivity index (χ0) is 16.3. The molecule has 0 aromatic heterocycles. The number of para-hydroxylation sites is 1. The largest absolute Gasteiger partial charge is 0.507 e. The summed E-state index contributed by atoms with van der Waals surface area (Å²) in [7, 11) is 0. The van der Waals surface area contributed by atoms with E-state index in [9.17, 15) is 25.2 Å². The minimum Gasteiger partial charge on any atom is -0.507 e. The third kappa shape index (κ3) is 3.09. The van der Waals surface area contributed by atoms with E-state index in [1.165, 1.54) is 6.07 Å². The molecule has 0 aliphatic rings. The highest BCUT2D eigenvalue weighted by molar-refractivity contribution is 6.02. The predicted molar refractivity (Wildman–Crippen MR) is 79.2 cm³/mol. The number of rotatable bonds is 3. The molecule has 114 valence electrons. The van der Waals surface area contributed by atoms with Crippen molar-refractivity contribution in [2.45, 2.75) is 6.92 Å². The Bertz CT molecular complexity index is 732. The molecule has 2 aromatic rings. The number of nitrogens with zero attached hydrogens (tertiary/aromatic N) is 1. The van der Waals surface area contributed by atoms with Crippen molar-refractivity contribution in [1.29, 1.82) is 0 Å². The maximum Gasteiger partial charge on any atom is 0.271 e. The van der Waals surface area contributed by atoms with Gasteiger partial charge in [-0.3, -0.25) is 4.79 Å². The molecule has 0 saturated carbocycles. The Morgan fingerprint density at radius 3 is 2.18 bits per heavy atom. The normalized spacial score (nSPS) is 11.2. The molecule has 1 amide bonds. The summed E-state index contributed by atoms with van der Waals surface area (Å²) >= 11 is 0. The molecule has 0 spiro atoms. The summed E-state index contributed by atoms with van der Waals surface area (Å²) in [4.78, 5) is 11.9. The third-order valence-electron chi connectivity index (χ3n) is 2.95. The summed E-state index contributed by atoms with van der Waals surface area (Å²) in [6.07, 6.45) is 0. The van der Waals surface area contributed by atoms with E-state index in [1.807, 2.05) is 0 Å². The van der Waals surface area contributed by atoms with Crippen molar-refractivity contribution in [3.8, 4) is 23.0 Å². The molecule has 2 aromatic carbocycles. The Hall–Kier alpha value is -3.22. The minimum absolute atomic E-state index is 0.0259. The van der Waals surface area contributed by atoms with Crippen LogP contribution >= 0.6 is 0 Å². The molecule has 0 fully saturated rings. The number of phenolic OH excluding ortho intramolecular Hbond substituents is 4. The first-order chi connectivity index (χ1) is 10.4. The maximum atomic E-state index is 11.9. The fraction of sp³-hybridized carbons (Fsp3) is 0.0667. The molecule has 22 heavy (non-hydrogen) atoms. The molecule has 0 aliphatic heterocycles. The lowest BCUT2D eigenvalue weighted by molar-refractivity contribution is 0.0954. The quantitative estimate of drug-likeness (QED) is 0.335. The van der Waals surface area contributed by atoms with Crippen molar-refractivity contribution in [2.24, 2.45) is 5.10 Å². The van der Waals surface area contributed by atoms with Crippen molar-refractivity contribution in [3.05, 3.63) is 47.5 Å². The van der Waals surface area contributed by atoms with Crippen LogP contribution in [0.4, 0.5) is 0 Å². The van der Waals surface area contributed by atoms with E-state index < -0.39 is 23.2 Å². The first kappa shape index (κ1) is 15.2. The maximum absolute atomic E-state index is 11.9. The average molecular weight is 302 g/mol. The van der Waals surface area contributed by atoms with Gasteiger partial charge < -0.3 is 20.4 Å². The number of hydrogen-bond acceptors (Lipinski definition) is 6. The topological polar surface area (TPSA) is 122 Å². The lowest BCUT2D eigenvalue weighted by atomic mass is 10.1. The third-order valence-corrected chi connectivity index (χ3v) is 2.95. The SMILES string of the molecule is C/C(=N\NC(=O)c1cc(O)c(O)c(O)c1)c1ccccc1O. The minimum atomic E-state index is -0.703. The van der Waals surface area contributed by atoms with Crippen LogP contribution in [0.5, 0.6) is 23.0 Å². The Labute approximate surface area is 125 Å². The van der Waals surface area contributed by atoms with E-state index in [1.54, 1.807) is 25.1 Å². The number of hydrogen-bond donors (Lipinski definition) is 5. The smallest absolute Gasteiger partial charge is 0.271 e. The molecule has 0 unspecified atom stereocenters. The summed E-state index contributed by atoms with van der Waals surface area (Å²) in [5, 5.41) is 41.5. The molecule has 0 aliphatic carbocycles. The van der Waals surface area contributed by atoms with E-state index in [0.29, 0.717) is 11.3 Å². The predicted octanol–water partition coefficient (Wildman–Crippen LogP) is 1.66. The zero-order valence-electron chi connectivity index (χ0n) is 11.6. The van der Waals surface area contributed by atoms with Crippen LogP contribution in [0.25, 0.3) is 0 Å². The van der Waals surface area contributed by atoms with Crippen molar-refractivity contribution < 1.29 is 25.2 Å². The van der Waals surface area contributed by atoms with Crippen molar-refractivity contribution in [1.82, 2.24) is 5.43 Å². The van der Waals surface area contributed by atoms with Crippen molar-refractivity contribution in [3.63, 3.8) is 0 Å². The van der Waals surface area contributed by atoms with Gasteiger partial charge in [-0.05, 0) is 31.2 Å². The second kappa shape index (κ2) is 6.04. The lowest BCUT2D eigenvalue weighted by Crippen LogP contribution is -2.19. The van der Waals surface area contributed by atoms with Crippen LogP contribution in [-0.4, -0.2) is 32.0 Å². The summed E-state index contributed by atoms with van der Waals surface area (Å²) in [6, 6.07) is 8.49.